The van der Waals surface area contributed by atoms with Crippen molar-refractivity contribution in [3.63, 3.8) is 0 Å². The molecule has 0 radical (unpaired) electrons. The van der Waals surface area contributed by atoms with Crippen LogP contribution in [-0.4, -0.2) is 11.0 Å². The molecule has 1 atom stereocenters. The van der Waals surface area contributed by atoms with Gasteiger partial charge >= 0.3 is 0 Å². The summed E-state index contributed by atoms with van der Waals surface area (Å²) in [6.45, 7) is 1.78. The lowest BCUT2D eigenvalue weighted by Gasteiger charge is -1.99. The summed E-state index contributed by atoms with van der Waals surface area (Å²) in [6, 6.07) is 5.47. The van der Waals surface area contributed by atoms with Gasteiger partial charge in [0.15, 0.2) is 0 Å². The molecule has 0 N–H and O–H groups in total. The SMILES string of the molecule is C[C@H](Cc1ccccn1)N=O. The first-order valence-electron chi connectivity index (χ1n) is 3.55. The minimum Gasteiger partial charge on any atom is -0.261 e. The molecule has 0 aromatic carbocycles. The first-order valence-corrected chi connectivity index (χ1v) is 3.55. The van der Waals surface area contributed by atoms with Gasteiger partial charge in [0.05, 0.1) is 6.04 Å². The van der Waals surface area contributed by atoms with Crippen molar-refractivity contribution in [2.75, 3.05) is 0 Å². The van der Waals surface area contributed by atoms with Crippen LogP contribution in [0.5, 0.6) is 0 Å². The first-order chi connectivity index (χ1) is 5.33. The zero-order valence-corrected chi connectivity index (χ0v) is 6.40. The molecule has 0 unspecified atom stereocenters. The quantitative estimate of drug-likeness (QED) is 0.616. The Labute approximate surface area is 65.4 Å². The van der Waals surface area contributed by atoms with E-state index < -0.39 is 0 Å². The number of pyridine rings is 1. The summed E-state index contributed by atoms with van der Waals surface area (Å²) in [4.78, 5) is 14.1. The van der Waals surface area contributed by atoms with Crippen molar-refractivity contribution in [1.29, 1.82) is 0 Å². The van der Waals surface area contributed by atoms with Crippen molar-refractivity contribution in [2.45, 2.75) is 19.4 Å². The van der Waals surface area contributed by atoms with E-state index in [0.717, 1.165) is 5.69 Å². The van der Waals surface area contributed by atoms with Crippen LogP contribution in [0.25, 0.3) is 0 Å². The monoisotopic (exact) mass is 150 g/mol. The summed E-state index contributed by atoms with van der Waals surface area (Å²) in [5, 5.41) is 2.89. The zero-order chi connectivity index (χ0) is 8.10. The van der Waals surface area contributed by atoms with E-state index in [-0.39, 0.29) is 6.04 Å². The molecule has 58 valence electrons. The van der Waals surface area contributed by atoms with Crippen LogP contribution in [-0.2, 0) is 6.42 Å². The summed E-state index contributed by atoms with van der Waals surface area (Å²) in [5.41, 5.74) is 0.916. The van der Waals surface area contributed by atoms with Crippen molar-refractivity contribution in [2.24, 2.45) is 5.18 Å². The number of nitroso groups, excluding NO2 is 1. The van der Waals surface area contributed by atoms with Gasteiger partial charge in [0.2, 0.25) is 0 Å². The van der Waals surface area contributed by atoms with E-state index in [1.54, 1.807) is 13.1 Å². The maximum absolute atomic E-state index is 10.0. The maximum atomic E-state index is 10.0. The predicted octanol–water partition coefficient (Wildman–Crippen LogP) is 1.78. The van der Waals surface area contributed by atoms with Gasteiger partial charge in [-0.05, 0) is 19.1 Å². The van der Waals surface area contributed by atoms with Crippen LogP contribution < -0.4 is 0 Å². The molecular formula is C8H10N2O. The standard InChI is InChI=1S/C8H10N2O/c1-7(10-11)6-8-4-2-3-5-9-8/h2-5,7H,6H2,1H3/t7-/m1/s1. The number of aromatic nitrogens is 1. The molecule has 1 heterocycles. The fraction of sp³-hybridized carbons (Fsp3) is 0.375. The summed E-state index contributed by atoms with van der Waals surface area (Å²) in [7, 11) is 0. The Morgan fingerprint density at radius 3 is 3.00 bits per heavy atom. The van der Waals surface area contributed by atoms with E-state index >= 15 is 0 Å². The van der Waals surface area contributed by atoms with Crippen molar-refractivity contribution in [3.8, 4) is 0 Å². The van der Waals surface area contributed by atoms with Crippen molar-refractivity contribution >= 4 is 0 Å². The highest BCUT2D eigenvalue weighted by Gasteiger charge is 2.01. The van der Waals surface area contributed by atoms with E-state index in [0.29, 0.717) is 6.42 Å². The minimum atomic E-state index is -0.176. The number of hydrogen-bond donors (Lipinski definition) is 0. The van der Waals surface area contributed by atoms with Crippen LogP contribution in [0.2, 0.25) is 0 Å². The number of nitrogens with zero attached hydrogens (tertiary/aromatic N) is 2. The van der Waals surface area contributed by atoms with Gasteiger partial charge in [-0.1, -0.05) is 11.2 Å². The third-order valence-electron chi connectivity index (χ3n) is 1.41. The molecule has 1 aromatic heterocycles. The molecule has 11 heavy (non-hydrogen) atoms. The molecule has 0 aliphatic carbocycles. The Morgan fingerprint density at radius 2 is 2.45 bits per heavy atom. The number of rotatable bonds is 3. The van der Waals surface area contributed by atoms with Crippen LogP contribution in [0.3, 0.4) is 0 Å². The van der Waals surface area contributed by atoms with Gasteiger partial charge in [0.25, 0.3) is 0 Å². The third kappa shape index (κ3) is 2.45. The molecule has 1 aromatic rings. The Bertz CT molecular complexity index is 223. The Morgan fingerprint density at radius 1 is 1.64 bits per heavy atom. The zero-order valence-electron chi connectivity index (χ0n) is 6.40. The molecule has 3 heteroatoms. The smallest absolute Gasteiger partial charge is 0.0946 e. The molecule has 0 aliphatic heterocycles. The van der Waals surface area contributed by atoms with Gasteiger partial charge in [-0.15, -0.1) is 0 Å². The highest BCUT2D eigenvalue weighted by atomic mass is 16.3. The van der Waals surface area contributed by atoms with Crippen LogP contribution in [0.1, 0.15) is 12.6 Å². The molecular weight excluding hydrogens is 140 g/mol. The van der Waals surface area contributed by atoms with Gasteiger partial charge < -0.3 is 0 Å². The maximum Gasteiger partial charge on any atom is 0.0946 e. The van der Waals surface area contributed by atoms with Crippen LogP contribution in [0, 0.1) is 4.91 Å². The molecule has 0 saturated carbocycles. The second-order valence-electron chi connectivity index (χ2n) is 2.48. The van der Waals surface area contributed by atoms with Crippen molar-refractivity contribution in [1.82, 2.24) is 4.98 Å². The molecule has 1 rings (SSSR count). The fourth-order valence-electron chi connectivity index (χ4n) is 0.859. The van der Waals surface area contributed by atoms with E-state index in [1.807, 2.05) is 18.2 Å². The van der Waals surface area contributed by atoms with E-state index in [4.69, 9.17) is 0 Å². The van der Waals surface area contributed by atoms with E-state index in [1.165, 1.54) is 0 Å². The summed E-state index contributed by atoms with van der Waals surface area (Å²) in [6.07, 6.45) is 2.34. The Hall–Kier alpha value is -1.25. The molecule has 0 fully saturated rings. The van der Waals surface area contributed by atoms with Gasteiger partial charge in [0, 0.05) is 18.3 Å². The molecule has 0 aliphatic rings. The minimum absolute atomic E-state index is 0.176. The molecule has 0 amide bonds. The average Bonchev–Trinajstić information content (AvgIpc) is 2.06. The number of hydrogen-bond acceptors (Lipinski definition) is 3. The van der Waals surface area contributed by atoms with Crippen molar-refractivity contribution in [3.05, 3.63) is 35.0 Å². The molecule has 3 nitrogen and oxygen atoms in total. The van der Waals surface area contributed by atoms with Crippen LogP contribution >= 0.6 is 0 Å². The highest BCUT2D eigenvalue weighted by molar-refractivity contribution is 5.04. The summed E-state index contributed by atoms with van der Waals surface area (Å²) < 4.78 is 0. The summed E-state index contributed by atoms with van der Waals surface area (Å²) in [5.74, 6) is 0. The second-order valence-corrected chi connectivity index (χ2v) is 2.48. The first kappa shape index (κ1) is 7.85. The largest absolute Gasteiger partial charge is 0.261 e. The fourth-order valence-corrected chi connectivity index (χ4v) is 0.859. The Balaban J connectivity index is 2.57. The molecule has 0 spiro atoms. The highest BCUT2D eigenvalue weighted by Crippen LogP contribution is 2.00. The predicted molar refractivity (Wildman–Crippen MR) is 43.2 cm³/mol. The lowest BCUT2D eigenvalue weighted by atomic mass is 10.2. The third-order valence-corrected chi connectivity index (χ3v) is 1.41. The molecule has 0 saturated heterocycles. The summed E-state index contributed by atoms with van der Waals surface area (Å²) >= 11 is 0. The van der Waals surface area contributed by atoms with E-state index in [2.05, 4.69) is 10.2 Å². The second kappa shape index (κ2) is 3.81. The van der Waals surface area contributed by atoms with Gasteiger partial charge in [0.1, 0.15) is 0 Å². The topological polar surface area (TPSA) is 42.3 Å². The normalized spacial score (nSPS) is 12.5. The van der Waals surface area contributed by atoms with Gasteiger partial charge in [-0.3, -0.25) is 4.98 Å². The molecule has 0 bridgehead atoms. The van der Waals surface area contributed by atoms with E-state index in [9.17, 15) is 4.91 Å². The van der Waals surface area contributed by atoms with Crippen molar-refractivity contribution < 1.29 is 0 Å². The lowest BCUT2D eigenvalue weighted by Crippen LogP contribution is -2.02. The average molecular weight is 150 g/mol. The van der Waals surface area contributed by atoms with Gasteiger partial charge in [-0.25, -0.2) is 0 Å². The van der Waals surface area contributed by atoms with Crippen LogP contribution in [0.15, 0.2) is 29.6 Å². The van der Waals surface area contributed by atoms with Crippen LogP contribution in [0.4, 0.5) is 0 Å². The van der Waals surface area contributed by atoms with Gasteiger partial charge in [-0.2, -0.15) is 4.91 Å². The lowest BCUT2D eigenvalue weighted by molar-refractivity contribution is 0.718. The Kier molecular flexibility index (Phi) is 2.72.